The van der Waals surface area contributed by atoms with Gasteiger partial charge in [0.25, 0.3) is 5.91 Å². The number of primary amides is 1. The molecule has 0 radical (unpaired) electrons. The van der Waals surface area contributed by atoms with Crippen LogP contribution in [0.2, 0.25) is 0 Å². The first-order valence-electron chi connectivity index (χ1n) is 14.7. The number of hydrogen-bond acceptors (Lipinski definition) is 9. The number of likely N-dealkylation sites (tertiary alicyclic amines) is 1. The number of hydrogen-bond donors (Lipinski definition) is 6. The fourth-order valence-electron chi connectivity index (χ4n) is 7.71. The second-order valence-electron chi connectivity index (χ2n) is 12.4. The Morgan fingerprint density at radius 3 is 2.37 bits per heavy atom. The van der Waals surface area contributed by atoms with E-state index in [1.54, 1.807) is 13.0 Å². The Kier molecular flexibility index (Phi) is 7.19. The number of aromatic hydroxyl groups is 1. The van der Waals surface area contributed by atoms with Crippen LogP contribution in [0.4, 0.5) is 0 Å². The van der Waals surface area contributed by atoms with E-state index in [9.17, 15) is 39.9 Å². The van der Waals surface area contributed by atoms with Crippen LogP contribution in [0.15, 0.2) is 59.4 Å². The van der Waals surface area contributed by atoms with Crippen molar-refractivity contribution < 1.29 is 39.9 Å². The second-order valence-corrected chi connectivity index (χ2v) is 12.4. The number of amides is 1. The van der Waals surface area contributed by atoms with Crippen molar-refractivity contribution in [3.63, 3.8) is 0 Å². The second kappa shape index (κ2) is 10.6. The molecule has 10 nitrogen and oxygen atoms in total. The Morgan fingerprint density at radius 2 is 1.72 bits per heavy atom. The lowest BCUT2D eigenvalue weighted by Crippen LogP contribution is -2.63. The predicted molar refractivity (Wildman–Crippen MR) is 156 cm³/mol. The van der Waals surface area contributed by atoms with Gasteiger partial charge in [0.05, 0.1) is 11.7 Å². The number of Topliss-reactive ketones (excluding diaryl/α,β-unsaturated/α-hetero) is 2. The molecule has 43 heavy (non-hydrogen) atoms. The van der Waals surface area contributed by atoms with E-state index in [2.05, 4.69) is 17.0 Å². The molecule has 0 unspecified atom stereocenters. The van der Waals surface area contributed by atoms with Crippen molar-refractivity contribution in [2.24, 2.45) is 23.5 Å². The lowest BCUT2D eigenvalue weighted by atomic mass is 9.55. The summed E-state index contributed by atoms with van der Waals surface area (Å²) >= 11 is 0. The van der Waals surface area contributed by atoms with E-state index in [0.29, 0.717) is 23.5 Å². The van der Waals surface area contributed by atoms with E-state index < -0.39 is 70.4 Å². The SMILES string of the molecule is C[C@H]1c2ccc(CC3CCN(Cc4ccccc4)CC3)c(O)c2C(O)=C2C(=O)[C@]3(O)C(O)=C(C(N)=O)C(=O)C[C@@H]3[C@@H](O)[C@@H]21. The molecule has 2 fully saturated rings. The molecule has 10 heteroatoms. The van der Waals surface area contributed by atoms with Crippen LogP contribution >= 0.6 is 0 Å². The topological polar surface area (TPSA) is 182 Å². The molecule has 2 aromatic carbocycles. The Bertz CT molecular complexity index is 1570. The molecule has 1 aliphatic heterocycles. The molecule has 1 saturated carbocycles. The number of ketones is 2. The summed E-state index contributed by atoms with van der Waals surface area (Å²) in [5, 5.41) is 56.6. The Morgan fingerprint density at radius 1 is 1.05 bits per heavy atom. The van der Waals surface area contributed by atoms with Crippen LogP contribution < -0.4 is 5.73 Å². The molecular formula is C33H36N2O8. The highest BCUT2D eigenvalue weighted by Gasteiger charge is 2.64. The normalized spacial score (nSPS) is 29.7. The van der Waals surface area contributed by atoms with Gasteiger partial charge >= 0.3 is 0 Å². The van der Waals surface area contributed by atoms with Crippen LogP contribution in [0.25, 0.3) is 5.76 Å². The van der Waals surface area contributed by atoms with Gasteiger partial charge in [-0.05, 0) is 60.9 Å². The number of nitrogens with zero attached hydrogens (tertiary/aromatic N) is 1. The molecule has 1 amide bonds. The number of aliphatic hydroxyl groups excluding tert-OH is 3. The lowest BCUT2D eigenvalue weighted by Gasteiger charge is -2.50. The zero-order valence-corrected chi connectivity index (χ0v) is 23.9. The van der Waals surface area contributed by atoms with Crippen LogP contribution in [0.5, 0.6) is 5.75 Å². The lowest BCUT2D eigenvalue weighted by molar-refractivity contribution is -0.160. The Balaban J connectivity index is 1.30. The van der Waals surface area contributed by atoms with Gasteiger partial charge in [-0.15, -0.1) is 0 Å². The minimum absolute atomic E-state index is 0.0471. The number of aliphatic hydroxyl groups is 4. The monoisotopic (exact) mass is 588 g/mol. The van der Waals surface area contributed by atoms with Crippen molar-refractivity contribution in [3.8, 4) is 5.75 Å². The highest BCUT2D eigenvalue weighted by Crippen LogP contribution is 2.56. The molecule has 226 valence electrons. The average Bonchev–Trinajstić information content (AvgIpc) is 2.97. The highest BCUT2D eigenvalue weighted by atomic mass is 16.4. The van der Waals surface area contributed by atoms with Gasteiger partial charge < -0.3 is 31.3 Å². The summed E-state index contributed by atoms with van der Waals surface area (Å²) in [7, 11) is 0. The van der Waals surface area contributed by atoms with Gasteiger partial charge in [-0.1, -0.05) is 49.4 Å². The molecule has 6 rings (SSSR count). The molecule has 5 atom stereocenters. The molecule has 0 spiro atoms. The number of phenolic OH excluding ortho intramolecular Hbond substituents is 1. The van der Waals surface area contributed by atoms with Crippen molar-refractivity contribution in [2.45, 2.75) is 56.8 Å². The van der Waals surface area contributed by atoms with Crippen molar-refractivity contribution >= 4 is 23.2 Å². The van der Waals surface area contributed by atoms with Crippen molar-refractivity contribution in [1.82, 2.24) is 4.90 Å². The molecule has 0 aromatic heterocycles. The number of fused-ring (bicyclic) bond motifs is 3. The van der Waals surface area contributed by atoms with Gasteiger partial charge in [-0.2, -0.15) is 0 Å². The van der Waals surface area contributed by atoms with Crippen molar-refractivity contribution in [3.05, 3.63) is 81.6 Å². The Labute approximate surface area is 248 Å². The largest absolute Gasteiger partial charge is 0.508 e. The van der Waals surface area contributed by atoms with E-state index in [1.807, 2.05) is 24.3 Å². The number of rotatable bonds is 5. The number of benzene rings is 2. The van der Waals surface area contributed by atoms with Gasteiger partial charge in [0.1, 0.15) is 22.8 Å². The third-order valence-electron chi connectivity index (χ3n) is 10.0. The molecule has 2 aromatic rings. The third-order valence-corrected chi connectivity index (χ3v) is 10.0. The smallest absolute Gasteiger partial charge is 0.255 e. The number of carbonyl (C=O) groups is 3. The molecule has 3 aliphatic carbocycles. The van der Waals surface area contributed by atoms with Crippen LogP contribution in [0, 0.1) is 17.8 Å². The summed E-state index contributed by atoms with van der Waals surface area (Å²) in [6, 6.07) is 13.9. The minimum Gasteiger partial charge on any atom is -0.508 e. The average molecular weight is 589 g/mol. The first-order valence-corrected chi connectivity index (χ1v) is 14.7. The van der Waals surface area contributed by atoms with Crippen molar-refractivity contribution in [1.29, 1.82) is 0 Å². The summed E-state index contributed by atoms with van der Waals surface area (Å²) in [5.74, 6) is -8.11. The third kappa shape index (κ3) is 4.47. The van der Waals surface area contributed by atoms with E-state index >= 15 is 0 Å². The van der Waals surface area contributed by atoms with Crippen LogP contribution in [0.1, 0.15) is 54.4 Å². The van der Waals surface area contributed by atoms with Gasteiger partial charge in [0, 0.05) is 30.4 Å². The van der Waals surface area contributed by atoms with Crippen LogP contribution in [0.3, 0.4) is 0 Å². The molecule has 4 aliphatic rings. The fraction of sp³-hybridized carbons (Fsp3) is 0.424. The number of piperidine rings is 1. The summed E-state index contributed by atoms with van der Waals surface area (Å²) < 4.78 is 0. The summed E-state index contributed by atoms with van der Waals surface area (Å²) in [6.45, 7) is 4.44. The summed E-state index contributed by atoms with van der Waals surface area (Å²) in [6.07, 6.45) is 0.298. The number of nitrogens with two attached hydrogens (primary N) is 1. The highest BCUT2D eigenvalue weighted by molar-refractivity contribution is 6.23. The van der Waals surface area contributed by atoms with Crippen LogP contribution in [-0.2, 0) is 27.3 Å². The summed E-state index contributed by atoms with van der Waals surface area (Å²) in [4.78, 5) is 40.8. The molecule has 7 N–H and O–H groups in total. The molecule has 0 bridgehead atoms. The number of phenols is 1. The number of carbonyl (C=O) groups excluding carboxylic acids is 3. The van der Waals surface area contributed by atoms with E-state index in [1.165, 1.54) is 5.56 Å². The van der Waals surface area contributed by atoms with Gasteiger partial charge in [0.2, 0.25) is 5.78 Å². The zero-order valence-electron chi connectivity index (χ0n) is 23.9. The van der Waals surface area contributed by atoms with Crippen molar-refractivity contribution in [2.75, 3.05) is 13.1 Å². The van der Waals surface area contributed by atoms with Gasteiger partial charge in [0.15, 0.2) is 11.4 Å². The zero-order chi connectivity index (χ0) is 30.8. The fourth-order valence-corrected chi connectivity index (χ4v) is 7.71. The predicted octanol–water partition coefficient (Wildman–Crippen LogP) is 2.41. The first kappa shape index (κ1) is 29.1. The standard InChI is InChI=1S/C33H36N2O8/c1-16-20-8-7-19(13-17-9-11-35(12-10-17)15-18-5-3-2-4-6-18)27(37)24(20)29(39)26-23(16)28(38)21-14-22(36)25(32(34)42)30(40)33(21,43)31(26)41/h2-8,16-17,21,23,28,37-40,43H,9-15H2,1H3,(H2,34,42)/t16-,21+,23+,28+,33+/m0/s1. The maximum atomic E-state index is 13.9. The maximum Gasteiger partial charge on any atom is 0.255 e. The minimum atomic E-state index is -2.84. The van der Waals surface area contributed by atoms with Gasteiger partial charge in [-0.25, -0.2) is 0 Å². The maximum absolute atomic E-state index is 13.9. The Hall–Kier alpha value is -3.99. The molecule has 1 saturated heterocycles. The quantitative estimate of drug-likeness (QED) is 0.286. The van der Waals surface area contributed by atoms with E-state index in [-0.39, 0.29) is 16.9 Å². The van der Waals surface area contributed by atoms with Gasteiger partial charge in [-0.3, -0.25) is 19.3 Å². The summed E-state index contributed by atoms with van der Waals surface area (Å²) in [5.41, 5.74) is 3.58. The van der Waals surface area contributed by atoms with Crippen LogP contribution in [-0.4, -0.2) is 72.7 Å². The molecule has 1 heterocycles. The molecular weight excluding hydrogens is 552 g/mol. The van der Waals surface area contributed by atoms with E-state index in [0.717, 1.165) is 32.5 Å². The van der Waals surface area contributed by atoms with E-state index in [4.69, 9.17) is 5.73 Å². The first-order chi connectivity index (χ1) is 20.4.